The minimum Gasteiger partial charge on any atom is -0.392 e. The van der Waals surface area contributed by atoms with E-state index >= 15 is 0 Å². The minimum absolute atomic E-state index is 0.0419. The van der Waals surface area contributed by atoms with Crippen LogP contribution in [0.25, 0.3) is 6.08 Å². The summed E-state index contributed by atoms with van der Waals surface area (Å²) >= 11 is 0. The van der Waals surface area contributed by atoms with Crippen molar-refractivity contribution in [3.63, 3.8) is 0 Å². The third-order valence-corrected chi connectivity index (χ3v) is 2.86. The lowest BCUT2D eigenvalue weighted by Gasteiger charge is -2.40. The van der Waals surface area contributed by atoms with E-state index in [0.29, 0.717) is 12.1 Å². The van der Waals surface area contributed by atoms with Crippen molar-refractivity contribution >= 4 is 16.3 Å². The first kappa shape index (κ1) is 13.0. The summed E-state index contributed by atoms with van der Waals surface area (Å²) in [6, 6.07) is 2.81. The molecule has 0 unspecified atom stereocenters. The Kier molecular flexibility index (Phi) is 2.60. The van der Waals surface area contributed by atoms with Crippen LogP contribution < -0.4 is 0 Å². The SMILES string of the molecule is OCC=Cc1cccc(S(F)(F)(F)(F)F)c1. The molecule has 0 aliphatic rings. The van der Waals surface area contributed by atoms with Crippen molar-refractivity contribution in [1.82, 2.24) is 0 Å². The lowest BCUT2D eigenvalue weighted by Crippen LogP contribution is -2.05. The standard InChI is InChI=1S/C9H9F5OS/c10-16(11,12,13,14)9-5-1-3-8(7-9)4-2-6-15/h1-5,7,15H,6H2. The number of benzene rings is 1. The summed E-state index contributed by atoms with van der Waals surface area (Å²) in [5, 5.41) is 8.41. The van der Waals surface area contributed by atoms with Gasteiger partial charge in [-0.05, 0) is 17.7 Å². The van der Waals surface area contributed by atoms with E-state index in [-0.39, 0.29) is 12.2 Å². The van der Waals surface area contributed by atoms with E-state index in [4.69, 9.17) is 5.11 Å². The Labute approximate surface area is 88.9 Å². The third-order valence-electron chi connectivity index (χ3n) is 1.72. The number of hydrogen-bond donors (Lipinski definition) is 1. The zero-order valence-corrected chi connectivity index (χ0v) is 8.73. The third kappa shape index (κ3) is 3.49. The molecule has 0 aliphatic carbocycles. The number of hydrogen-bond acceptors (Lipinski definition) is 1. The van der Waals surface area contributed by atoms with Gasteiger partial charge in [0.2, 0.25) is 0 Å². The topological polar surface area (TPSA) is 20.2 Å². The average molecular weight is 260 g/mol. The van der Waals surface area contributed by atoms with Gasteiger partial charge in [0.1, 0.15) is 4.90 Å². The Morgan fingerprint density at radius 1 is 1.12 bits per heavy atom. The molecule has 1 aromatic rings. The zero-order valence-electron chi connectivity index (χ0n) is 7.92. The lowest BCUT2D eigenvalue weighted by molar-refractivity contribution is 0.343. The molecule has 92 valence electrons. The molecule has 0 saturated heterocycles. The number of rotatable bonds is 3. The van der Waals surface area contributed by atoms with E-state index in [1.54, 1.807) is 0 Å². The van der Waals surface area contributed by atoms with Gasteiger partial charge < -0.3 is 5.11 Å². The van der Waals surface area contributed by atoms with Gasteiger partial charge in [-0.1, -0.05) is 43.7 Å². The van der Waals surface area contributed by atoms with Crippen molar-refractivity contribution in [3.8, 4) is 0 Å². The molecule has 7 heteroatoms. The van der Waals surface area contributed by atoms with E-state index in [2.05, 4.69) is 0 Å². The van der Waals surface area contributed by atoms with Gasteiger partial charge >= 0.3 is 10.2 Å². The predicted octanol–water partition coefficient (Wildman–Crippen LogP) is 4.35. The Balaban J connectivity index is 3.25. The number of halogens is 5. The smallest absolute Gasteiger partial charge is 0.310 e. The summed E-state index contributed by atoms with van der Waals surface area (Å²) in [7, 11) is -9.60. The number of aliphatic hydroxyl groups is 1. The van der Waals surface area contributed by atoms with Gasteiger partial charge in [-0.15, -0.1) is 0 Å². The van der Waals surface area contributed by atoms with Crippen molar-refractivity contribution in [2.24, 2.45) is 0 Å². The monoisotopic (exact) mass is 260 g/mol. The van der Waals surface area contributed by atoms with E-state index in [1.807, 2.05) is 0 Å². The molecule has 0 fully saturated rings. The van der Waals surface area contributed by atoms with Crippen LogP contribution in [-0.2, 0) is 0 Å². The molecule has 0 spiro atoms. The molecule has 1 N–H and O–H groups in total. The first-order valence-corrected chi connectivity index (χ1v) is 6.09. The van der Waals surface area contributed by atoms with Gasteiger partial charge in [0.25, 0.3) is 0 Å². The second kappa shape index (κ2) is 3.21. The molecule has 0 heterocycles. The van der Waals surface area contributed by atoms with Crippen LogP contribution in [0.1, 0.15) is 5.56 Å². The molecule has 0 atom stereocenters. The Hall–Kier alpha value is -1.08. The quantitative estimate of drug-likeness (QED) is 0.801. The van der Waals surface area contributed by atoms with Crippen molar-refractivity contribution in [1.29, 1.82) is 0 Å². The summed E-state index contributed by atoms with van der Waals surface area (Å²) < 4.78 is 61.9. The predicted molar refractivity (Wildman–Crippen MR) is 54.0 cm³/mol. The second-order valence-electron chi connectivity index (χ2n) is 3.13. The molecule has 16 heavy (non-hydrogen) atoms. The summed E-state index contributed by atoms with van der Waals surface area (Å²) in [4.78, 5) is -1.93. The largest absolute Gasteiger partial charge is 0.392 e. The maximum absolute atomic E-state index is 12.4. The summed E-state index contributed by atoms with van der Waals surface area (Å²) in [5.41, 5.74) is -0.0419. The highest BCUT2D eigenvalue weighted by Gasteiger charge is 2.65. The van der Waals surface area contributed by atoms with Gasteiger partial charge in [0.05, 0.1) is 6.61 Å². The highest BCUT2D eigenvalue weighted by atomic mass is 32.5. The second-order valence-corrected chi connectivity index (χ2v) is 5.54. The van der Waals surface area contributed by atoms with E-state index in [0.717, 1.165) is 18.2 Å². The summed E-state index contributed by atoms with van der Waals surface area (Å²) in [5.74, 6) is 0. The van der Waals surface area contributed by atoms with Crippen LogP contribution in [0.5, 0.6) is 0 Å². The fraction of sp³-hybridized carbons (Fsp3) is 0.111. The normalized spacial score (nSPS) is 17.1. The molecule has 1 rings (SSSR count). The lowest BCUT2D eigenvalue weighted by atomic mass is 10.2. The van der Waals surface area contributed by atoms with Crippen LogP contribution in [0, 0.1) is 0 Å². The van der Waals surface area contributed by atoms with Crippen LogP contribution in [0.2, 0.25) is 0 Å². The fourth-order valence-corrected chi connectivity index (χ4v) is 1.74. The molecule has 1 nitrogen and oxygen atoms in total. The van der Waals surface area contributed by atoms with Gasteiger partial charge in [-0.25, -0.2) is 0 Å². The van der Waals surface area contributed by atoms with Crippen LogP contribution in [0.15, 0.2) is 35.2 Å². The molecule has 0 amide bonds. The van der Waals surface area contributed by atoms with Gasteiger partial charge in [-0.2, -0.15) is 0 Å². The first-order valence-electron chi connectivity index (χ1n) is 4.14. The van der Waals surface area contributed by atoms with Gasteiger partial charge in [0, 0.05) is 0 Å². The van der Waals surface area contributed by atoms with Gasteiger partial charge in [0.15, 0.2) is 0 Å². The Bertz CT molecular complexity index is 422. The molecule has 0 radical (unpaired) electrons. The van der Waals surface area contributed by atoms with Crippen molar-refractivity contribution in [2.45, 2.75) is 4.90 Å². The van der Waals surface area contributed by atoms with Crippen molar-refractivity contribution < 1.29 is 24.5 Å². The fourth-order valence-electron chi connectivity index (χ4n) is 1.05. The maximum Gasteiger partial charge on any atom is 0.310 e. The van der Waals surface area contributed by atoms with E-state index < -0.39 is 15.1 Å². The van der Waals surface area contributed by atoms with Crippen LogP contribution in [0.3, 0.4) is 0 Å². The highest BCUT2D eigenvalue weighted by molar-refractivity contribution is 8.45. The van der Waals surface area contributed by atoms with Crippen LogP contribution in [0.4, 0.5) is 19.4 Å². The molecule has 0 bridgehead atoms. The molecule has 0 aromatic heterocycles. The Morgan fingerprint density at radius 3 is 2.25 bits per heavy atom. The molecule has 0 aliphatic heterocycles. The van der Waals surface area contributed by atoms with E-state index in [1.165, 1.54) is 6.07 Å². The molecule has 0 saturated carbocycles. The molecular formula is C9H9F5OS. The first-order chi connectivity index (χ1) is 7.03. The van der Waals surface area contributed by atoms with Crippen LogP contribution >= 0.6 is 10.2 Å². The van der Waals surface area contributed by atoms with Crippen LogP contribution in [-0.4, -0.2) is 11.7 Å². The maximum atomic E-state index is 12.4. The highest BCUT2D eigenvalue weighted by Crippen LogP contribution is 3.02. The number of aliphatic hydroxyl groups excluding tert-OH is 1. The molecular weight excluding hydrogens is 251 g/mol. The van der Waals surface area contributed by atoms with E-state index in [9.17, 15) is 19.4 Å². The summed E-state index contributed by atoms with van der Waals surface area (Å²) in [6.45, 7) is -0.374. The van der Waals surface area contributed by atoms with Gasteiger partial charge in [-0.3, -0.25) is 0 Å². The average Bonchev–Trinajstić information content (AvgIpc) is 2.12. The summed E-state index contributed by atoms with van der Waals surface area (Å²) in [6.07, 6.45) is 2.29. The van der Waals surface area contributed by atoms with Crippen molar-refractivity contribution in [3.05, 3.63) is 35.9 Å². The Morgan fingerprint density at radius 2 is 1.75 bits per heavy atom. The minimum atomic E-state index is -9.60. The zero-order chi connectivity index (χ0) is 12.5. The molecule has 1 aromatic carbocycles. The van der Waals surface area contributed by atoms with Crippen molar-refractivity contribution in [2.75, 3.05) is 6.61 Å².